The Labute approximate surface area is 118 Å². The predicted molar refractivity (Wildman–Crippen MR) is 80.6 cm³/mol. The van der Waals surface area contributed by atoms with Gasteiger partial charge in [0.15, 0.2) is 0 Å². The molecule has 0 unspecified atom stereocenters. The smallest absolute Gasteiger partial charge is 0.201 e. The van der Waals surface area contributed by atoms with E-state index in [0.29, 0.717) is 12.5 Å². The summed E-state index contributed by atoms with van der Waals surface area (Å²) >= 11 is 0. The molecular weight excluding hydrogens is 250 g/mol. The second kappa shape index (κ2) is 4.67. The number of nitrogens with zero attached hydrogens (tertiary/aromatic N) is 4. The van der Waals surface area contributed by atoms with Crippen molar-refractivity contribution in [2.75, 3.05) is 5.73 Å². The lowest BCUT2D eigenvalue weighted by molar-refractivity contribution is 0.746. The van der Waals surface area contributed by atoms with Gasteiger partial charge in [-0.3, -0.25) is 4.68 Å². The minimum Gasteiger partial charge on any atom is -0.369 e. The number of hydrogen-bond acceptors (Lipinski definition) is 3. The molecule has 0 spiro atoms. The van der Waals surface area contributed by atoms with Crippen LogP contribution in [0.3, 0.4) is 0 Å². The van der Waals surface area contributed by atoms with Crippen LogP contribution in [-0.4, -0.2) is 19.3 Å². The topological polar surface area (TPSA) is 61.7 Å². The van der Waals surface area contributed by atoms with Crippen molar-refractivity contribution in [2.45, 2.75) is 26.8 Å². The van der Waals surface area contributed by atoms with Gasteiger partial charge < -0.3 is 10.3 Å². The second-order valence-corrected chi connectivity index (χ2v) is 5.13. The van der Waals surface area contributed by atoms with E-state index in [9.17, 15) is 0 Å². The van der Waals surface area contributed by atoms with Crippen molar-refractivity contribution >= 4 is 17.0 Å². The number of nitrogens with two attached hydrogens (primary N) is 1. The van der Waals surface area contributed by atoms with Crippen molar-refractivity contribution in [3.05, 3.63) is 41.2 Å². The fourth-order valence-electron chi connectivity index (χ4n) is 2.65. The summed E-state index contributed by atoms with van der Waals surface area (Å²) < 4.78 is 3.91. The molecule has 1 aromatic carbocycles. The third-order valence-electron chi connectivity index (χ3n) is 3.67. The molecule has 2 heterocycles. The van der Waals surface area contributed by atoms with Crippen LogP contribution >= 0.6 is 0 Å². The zero-order valence-corrected chi connectivity index (χ0v) is 12.1. The highest BCUT2D eigenvalue weighted by Crippen LogP contribution is 2.22. The normalized spacial score (nSPS) is 11.3. The van der Waals surface area contributed by atoms with E-state index in [-0.39, 0.29) is 0 Å². The summed E-state index contributed by atoms with van der Waals surface area (Å²) in [6.07, 6.45) is 2.97. The van der Waals surface area contributed by atoms with Crippen LogP contribution in [0.1, 0.15) is 23.7 Å². The molecule has 5 nitrogen and oxygen atoms in total. The van der Waals surface area contributed by atoms with Gasteiger partial charge in [0.1, 0.15) is 0 Å². The van der Waals surface area contributed by atoms with E-state index in [1.165, 1.54) is 5.56 Å². The molecular formula is C15H19N5. The summed E-state index contributed by atoms with van der Waals surface area (Å²) in [6.45, 7) is 4.88. The lowest BCUT2D eigenvalue weighted by atomic mass is 10.2. The number of para-hydroxylation sites is 1. The quantitative estimate of drug-likeness (QED) is 0.793. The maximum Gasteiger partial charge on any atom is 0.201 e. The SMILES string of the molecule is CCc1nn(C)cc1Cn1c(N)nc2c(C)cccc21. The first-order chi connectivity index (χ1) is 9.60. The molecule has 0 aliphatic carbocycles. The standard InChI is InChI=1S/C15H19N5/c1-4-12-11(8-19(3)18-12)9-20-13-7-5-6-10(2)14(13)17-15(20)16/h5-8H,4,9H2,1-3H3,(H2,16,17). The summed E-state index contributed by atoms with van der Waals surface area (Å²) in [4.78, 5) is 4.48. The van der Waals surface area contributed by atoms with Gasteiger partial charge in [-0.1, -0.05) is 19.1 Å². The number of aromatic nitrogens is 4. The molecule has 2 aromatic heterocycles. The van der Waals surface area contributed by atoms with E-state index < -0.39 is 0 Å². The minimum atomic E-state index is 0.556. The van der Waals surface area contributed by atoms with Crippen molar-refractivity contribution in [1.29, 1.82) is 0 Å². The molecule has 0 radical (unpaired) electrons. The molecule has 3 aromatic rings. The molecule has 0 aliphatic heterocycles. The first kappa shape index (κ1) is 12.7. The first-order valence-electron chi connectivity index (χ1n) is 6.83. The fourth-order valence-corrected chi connectivity index (χ4v) is 2.65. The summed E-state index contributed by atoms with van der Waals surface area (Å²) in [5.41, 5.74) is 11.6. The van der Waals surface area contributed by atoms with Crippen LogP contribution in [-0.2, 0) is 20.0 Å². The molecule has 3 rings (SSSR count). The largest absolute Gasteiger partial charge is 0.369 e. The molecule has 0 amide bonds. The zero-order chi connectivity index (χ0) is 14.3. The van der Waals surface area contributed by atoms with E-state index in [2.05, 4.69) is 46.8 Å². The Morgan fingerprint density at radius 3 is 2.85 bits per heavy atom. The summed E-state index contributed by atoms with van der Waals surface area (Å²) in [7, 11) is 1.95. The van der Waals surface area contributed by atoms with Crippen LogP contribution in [0.5, 0.6) is 0 Å². The highest BCUT2D eigenvalue weighted by molar-refractivity contribution is 5.81. The molecule has 0 atom stereocenters. The number of hydrogen-bond donors (Lipinski definition) is 1. The highest BCUT2D eigenvalue weighted by atomic mass is 15.3. The zero-order valence-electron chi connectivity index (χ0n) is 12.1. The Balaban J connectivity index is 2.11. The molecule has 2 N–H and O–H groups in total. The van der Waals surface area contributed by atoms with Crippen LogP contribution < -0.4 is 5.73 Å². The molecule has 0 saturated carbocycles. The lowest BCUT2D eigenvalue weighted by Crippen LogP contribution is -2.05. The molecule has 0 bridgehead atoms. The van der Waals surface area contributed by atoms with E-state index in [1.807, 2.05) is 17.8 Å². The Hall–Kier alpha value is -2.30. The van der Waals surface area contributed by atoms with Crippen LogP contribution in [0.4, 0.5) is 5.95 Å². The van der Waals surface area contributed by atoms with Crippen molar-refractivity contribution < 1.29 is 0 Å². The molecule has 20 heavy (non-hydrogen) atoms. The van der Waals surface area contributed by atoms with E-state index in [4.69, 9.17) is 5.73 Å². The summed E-state index contributed by atoms with van der Waals surface area (Å²) in [6, 6.07) is 6.16. The van der Waals surface area contributed by atoms with Crippen molar-refractivity contribution in [1.82, 2.24) is 19.3 Å². The average Bonchev–Trinajstić information content (AvgIpc) is 2.93. The number of aryl methyl sites for hydroxylation is 3. The fraction of sp³-hybridized carbons (Fsp3) is 0.333. The monoisotopic (exact) mass is 269 g/mol. The first-order valence-corrected chi connectivity index (χ1v) is 6.83. The third kappa shape index (κ3) is 1.95. The van der Waals surface area contributed by atoms with Gasteiger partial charge in [-0.15, -0.1) is 0 Å². The Kier molecular flexibility index (Phi) is 2.97. The second-order valence-electron chi connectivity index (χ2n) is 5.13. The van der Waals surface area contributed by atoms with E-state index in [0.717, 1.165) is 28.7 Å². The molecule has 5 heteroatoms. The number of nitrogen functional groups attached to an aromatic ring is 1. The maximum absolute atomic E-state index is 6.09. The average molecular weight is 269 g/mol. The van der Waals surface area contributed by atoms with Gasteiger partial charge in [-0.25, -0.2) is 4.98 Å². The third-order valence-corrected chi connectivity index (χ3v) is 3.67. The Bertz CT molecular complexity index is 766. The van der Waals surface area contributed by atoms with Gasteiger partial charge in [0.25, 0.3) is 0 Å². The number of fused-ring (bicyclic) bond motifs is 1. The Morgan fingerprint density at radius 2 is 2.10 bits per heavy atom. The van der Waals surface area contributed by atoms with Crippen molar-refractivity contribution in [3.8, 4) is 0 Å². The maximum atomic E-state index is 6.09. The van der Waals surface area contributed by atoms with E-state index in [1.54, 1.807) is 0 Å². The van der Waals surface area contributed by atoms with Crippen LogP contribution in [0.15, 0.2) is 24.4 Å². The number of benzene rings is 1. The van der Waals surface area contributed by atoms with Gasteiger partial charge in [-0.05, 0) is 25.0 Å². The van der Waals surface area contributed by atoms with Crippen molar-refractivity contribution in [2.24, 2.45) is 7.05 Å². The predicted octanol–water partition coefficient (Wildman–Crippen LogP) is 2.27. The number of anilines is 1. The molecule has 0 fully saturated rings. The molecule has 0 aliphatic rings. The van der Waals surface area contributed by atoms with Gasteiger partial charge in [0.05, 0.1) is 23.3 Å². The van der Waals surface area contributed by atoms with Crippen LogP contribution in [0.25, 0.3) is 11.0 Å². The van der Waals surface area contributed by atoms with Gasteiger partial charge >= 0.3 is 0 Å². The summed E-state index contributed by atoms with van der Waals surface area (Å²) in [5.74, 6) is 0.556. The minimum absolute atomic E-state index is 0.556. The summed E-state index contributed by atoms with van der Waals surface area (Å²) in [5, 5.41) is 4.48. The van der Waals surface area contributed by atoms with Gasteiger partial charge in [0.2, 0.25) is 5.95 Å². The van der Waals surface area contributed by atoms with Gasteiger partial charge in [0, 0.05) is 18.8 Å². The van der Waals surface area contributed by atoms with E-state index >= 15 is 0 Å². The Morgan fingerprint density at radius 1 is 1.30 bits per heavy atom. The van der Waals surface area contributed by atoms with Crippen LogP contribution in [0.2, 0.25) is 0 Å². The van der Waals surface area contributed by atoms with Gasteiger partial charge in [-0.2, -0.15) is 5.10 Å². The number of rotatable bonds is 3. The molecule has 0 saturated heterocycles. The van der Waals surface area contributed by atoms with Crippen molar-refractivity contribution in [3.63, 3.8) is 0 Å². The van der Waals surface area contributed by atoms with Crippen LogP contribution in [0, 0.1) is 6.92 Å². The number of imidazole rings is 1. The highest BCUT2D eigenvalue weighted by Gasteiger charge is 2.13. The molecule has 104 valence electrons. The lowest BCUT2D eigenvalue weighted by Gasteiger charge is -2.06.